The molecule has 6 fully saturated rings. The average molecular weight is 1770 g/mol. The maximum Gasteiger partial charge on any atom is 0.305 e. The molecule has 17 amide bonds. The lowest BCUT2D eigenvalue weighted by Gasteiger charge is -2.34. The predicted molar refractivity (Wildman–Crippen MR) is 445 cm³/mol. The summed E-state index contributed by atoms with van der Waals surface area (Å²) in [5.41, 5.74) is 13.6. The molecule has 21 N–H and O–H groups in total. The van der Waals surface area contributed by atoms with Crippen LogP contribution in [0.1, 0.15) is 155 Å². The molecule has 16 atom stereocenters. The average Bonchev–Trinajstić information content (AvgIpc) is 1.65. The van der Waals surface area contributed by atoms with Crippen molar-refractivity contribution in [1.82, 2.24) is 97.5 Å². The number of imidazole rings is 1. The minimum Gasteiger partial charge on any atom is -0.481 e. The van der Waals surface area contributed by atoms with Crippen molar-refractivity contribution in [2.75, 3.05) is 72.2 Å². The van der Waals surface area contributed by atoms with E-state index < -0.39 is 242 Å². The molecular weight excluding hydrogens is 1650 g/mol. The summed E-state index contributed by atoms with van der Waals surface area (Å²) in [6.45, 7) is 4.36. The molecule has 44 heteroatoms. The first kappa shape index (κ1) is 98.0. The molecule has 692 valence electrons. The molecule has 0 saturated carbocycles. The fourth-order valence-corrected chi connectivity index (χ4v) is 17.3. The molecule has 44 nitrogen and oxygen atoms in total. The van der Waals surface area contributed by atoms with Crippen molar-refractivity contribution in [3.05, 3.63) is 54.2 Å². The summed E-state index contributed by atoms with van der Waals surface area (Å²) in [4.78, 5) is 268. The van der Waals surface area contributed by atoms with E-state index in [1.54, 1.807) is 33.9 Å². The molecule has 1 aromatic carbocycles. The molecule has 2 aromatic heterocycles. The van der Waals surface area contributed by atoms with Crippen LogP contribution in [0.5, 0.6) is 0 Å². The van der Waals surface area contributed by atoms with Gasteiger partial charge in [-0.3, -0.25) is 86.3 Å². The Morgan fingerprint density at radius 2 is 0.857 bits per heavy atom. The number of nitrogens with two attached hydrogens (primary N) is 2. The van der Waals surface area contributed by atoms with Crippen molar-refractivity contribution in [3.63, 3.8) is 0 Å². The zero-order chi connectivity index (χ0) is 91.9. The van der Waals surface area contributed by atoms with Crippen molar-refractivity contribution in [2.24, 2.45) is 23.3 Å². The maximum atomic E-state index is 15.0. The molecule has 3 aromatic rings. The largest absolute Gasteiger partial charge is 0.481 e. The molecule has 8 heterocycles. The highest BCUT2D eigenvalue weighted by atomic mass is 16.4. The van der Waals surface area contributed by atoms with Gasteiger partial charge in [-0.25, -0.2) is 4.98 Å². The van der Waals surface area contributed by atoms with Crippen LogP contribution in [0.2, 0.25) is 0 Å². The van der Waals surface area contributed by atoms with Gasteiger partial charge in [0.15, 0.2) is 0 Å². The fraction of sp³-hybridized carbons (Fsp3) is 0.646. The topological polar surface area (TPSA) is 645 Å². The van der Waals surface area contributed by atoms with E-state index in [9.17, 15) is 112 Å². The number of fused-ring (bicyclic) bond motifs is 1. The summed E-state index contributed by atoms with van der Waals surface area (Å²) in [5, 5.41) is 77.3. The molecule has 0 spiro atoms. The van der Waals surface area contributed by atoms with Crippen LogP contribution in [0.25, 0.3) is 10.9 Å². The Labute approximate surface area is 726 Å². The van der Waals surface area contributed by atoms with Crippen LogP contribution in [0, 0.1) is 11.8 Å². The van der Waals surface area contributed by atoms with Gasteiger partial charge in [0.1, 0.15) is 96.7 Å². The zero-order valence-corrected chi connectivity index (χ0v) is 71.5. The van der Waals surface area contributed by atoms with Gasteiger partial charge in [-0.15, -0.1) is 0 Å². The Bertz CT molecular complexity index is 4430. The smallest absolute Gasteiger partial charge is 0.305 e. The predicted octanol–water partition coefficient (Wildman–Crippen LogP) is -6.75. The first-order valence-electron chi connectivity index (χ1n) is 43.1. The number of aromatic nitrogens is 3. The van der Waals surface area contributed by atoms with E-state index >= 15 is 0 Å². The minimum absolute atomic E-state index is 0.00443. The monoisotopic (exact) mass is 1770 g/mol. The number of para-hydroxylation sites is 1. The van der Waals surface area contributed by atoms with Gasteiger partial charge in [-0.05, 0) is 133 Å². The normalized spacial score (nSPS) is 21.1. The third-order valence-electron chi connectivity index (χ3n) is 23.8. The van der Waals surface area contributed by atoms with Crippen LogP contribution < -0.4 is 64.6 Å². The van der Waals surface area contributed by atoms with E-state index in [1.165, 1.54) is 32.1 Å². The first-order chi connectivity index (χ1) is 60.1. The number of rotatable bonds is 43. The van der Waals surface area contributed by atoms with Crippen LogP contribution >= 0.6 is 0 Å². The number of primary amides is 1. The highest BCUT2D eigenvalue weighted by Gasteiger charge is 2.50. The van der Waals surface area contributed by atoms with E-state index in [-0.39, 0.29) is 135 Å². The Hall–Kier alpha value is -11.8. The van der Waals surface area contributed by atoms with Gasteiger partial charge in [-0.1, -0.05) is 45.9 Å². The standard InChI is InChI=1S/C82H121N21O23/c1-43(2)32-53(93-76(120)66(44(3)4)97-71(115)57(40-106)95-73(117)60-20-11-27-99(60)80(124)58(41-107)96-75(119)62-22-13-29-101(62)82(126)64-24-15-31-103(64)79(123)54(35-65(109)110)92-69(113)55(38-104)88-45(5)108)78(122)98-26-10-19-59(98)72(116)89-50(18-8-9-25-83)77(121)102-30-14-23-63(102)81(125)100-28-12-21-61(100)74(118)94-56(39-105)70(114)91-52(34-47-37-85-42-87-47)68(112)90-51(67(84)111)33-46-36-86-49-17-7-6-16-48(46)49/h6-7,16-17,36-37,42-44,50-64,66,86,104-107H,8-15,18-35,38-41,83H2,1-5H3,(H2,84,111)(H,85,87)(H,88,108)(H,89,116)(H,90,112)(H,91,114)(H,92,113)(H,93,120)(H,94,118)(H,95,117)(H,96,119)(H,97,115)(H,109,110)/t50-,51-,52-,53-,54-,55-,56-,57-,58-,59-,60-,61-,62-,63-,64-,66-/m0/s1. The van der Waals surface area contributed by atoms with Gasteiger partial charge in [0.2, 0.25) is 100 Å². The number of aromatic amines is 2. The van der Waals surface area contributed by atoms with Crippen molar-refractivity contribution in [1.29, 1.82) is 0 Å². The highest BCUT2D eigenvalue weighted by molar-refractivity contribution is 6.02. The maximum absolute atomic E-state index is 15.0. The molecule has 6 aliphatic heterocycles. The van der Waals surface area contributed by atoms with E-state index in [2.05, 4.69) is 68.1 Å². The number of carbonyl (C=O) groups is 18. The van der Waals surface area contributed by atoms with Gasteiger partial charge >= 0.3 is 5.97 Å². The molecule has 0 bridgehead atoms. The second kappa shape index (κ2) is 45.9. The summed E-state index contributed by atoms with van der Waals surface area (Å²) in [7, 11) is 0. The number of benzene rings is 1. The number of likely N-dealkylation sites (tertiary alicyclic amines) is 6. The number of nitrogens with one attached hydrogen (secondary N) is 12. The number of H-pyrrole nitrogens is 2. The lowest BCUT2D eigenvalue weighted by atomic mass is 9.99. The molecule has 9 rings (SSSR count). The molecule has 0 aliphatic carbocycles. The van der Waals surface area contributed by atoms with Crippen LogP contribution in [0.15, 0.2) is 43.0 Å². The second-order valence-corrected chi connectivity index (χ2v) is 33.6. The van der Waals surface area contributed by atoms with Crippen molar-refractivity contribution < 1.29 is 112 Å². The van der Waals surface area contributed by atoms with Gasteiger partial charge in [-0.2, -0.15) is 0 Å². The number of aliphatic hydroxyl groups is 4. The number of aliphatic hydroxyl groups excluding tert-OH is 4. The van der Waals surface area contributed by atoms with Crippen molar-refractivity contribution in [3.8, 4) is 0 Å². The number of unbranched alkanes of at least 4 members (excludes halogenated alkanes) is 1. The molecule has 6 aliphatic rings. The lowest BCUT2D eigenvalue weighted by molar-refractivity contribution is -0.150. The summed E-state index contributed by atoms with van der Waals surface area (Å²) < 4.78 is 0. The van der Waals surface area contributed by atoms with E-state index in [0.717, 1.165) is 27.6 Å². The molecule has 0 unspecified atom stereocenters. The Morgan fingerprint density at radius 1 is 0.452 bits per heavy atom. The molecule has 126 heavy (non-hydrogen) atoms. The quantitative estimate of drug-likeness (QED) is 0.0234. The minimum atomic E-state index is -1.74. The first-order valence-corrected chi connectivity index (χ1v) is 43.1. The summed E-state index contributed by atoms with van der Waals surface area (Å²) in [6, 6.07) is -14.8. The number of carboxylic acid groups (broad SMARTS) is 1. The number of nitrogens with zero attached hydrogens (tertiary/aromatic N) is 7. The van der Waals surface area contributed by atoms with E-state index in [4.69, 9.17) is 11.5 Å². The number of aliphatic carboxylic acids is 1. The Morgan fingerprint density at radius 3 is 1.32 bits per heavy atom. The number of carboxylic acids is 1. The highest BCUT2D eigenvalue weighted by Crippen LogP contribution is 2.31. The van der Waals surface area contributed by atoms with Crippen LogP contribution in [-0.2, 0) is 99.1 Å². The summed E-state index contributed by atoms with van der Waals surface area (Å²) in [5.74, 6) is -16.5. The third kappa shape index (κ3) is 24.9. The van der Waals surface area contributed by atoms with Crippen molar-refractivity contribution in [2.45, 2.75) is 253 Å². The number of amides is 17. The fourth-order valence-electron chi connectivity index (χ4n) is 17.3. The third-order valence-corrected chi connectivity index (χ3v) is 23.8. The van der Waals surface area contributed by atoms with Crippen LogP contribution in [0.4, 0.5) is 0 Å². The summed E-state index contributed by atoms with van der Waals surface area (Å²) in [6.07, 6.45) is 6.71. The van der Waals surface area contributed by atoms with E-state index in [0.29, 0.717) is 43.4 Å². The number of carbonyl (C=O) groups excluding carboxylic acids is 17. The number of hydrogen-bond acceptors (Lipinski definition) is 24. The zero-order valence-electron chi connectivity index (χ0n) is 71.5. The van der Waals surface area contributed by atoms with Gasteiger partial charge < -0.3 is 130 Å². The van der Waals surface area contributed by atoms with Crippen LogP contribution in [0.3, 0.4) is 0 Å². The lowest BCUT2D eigenvalue weighted by Crippen LogP contribution is -2.62. The van der Waals surface area contributed by atoms with Crippen molar-refractivity contribution >= 4 is 117 Å². The second-order valence-electron chi connectivity index (χ2n) is 33.6. The number of hydrogen-bond donors (Lipinski definition) is 19. The van der Waals surface area contributed by atoms with Gasteiger partial charge in [0.25, 0.3) is 0 Å². The molecule has 0 radical (unpaired) electrons. The Balaban J connectivity index is 0.785. The van der Waals surface area contributed by atoms with Gasteiger partial charge in [0, 0.05) is 88.0 Å². The van der Waals surface area contributed by atoms with E-state index in [1.807, 2.05) is 24.3 Å². The molecular formula is C82H121N21O23. The van der Waals surface area contributed by atoms with Gasteiger partial charge in [0.05, 0.1) is 39.2 Å². The van der Waals surface area contributed by atoms with Crippen LogP contribution in [-0.4, -0.2) is 345 Å². The molecule has 6 saturated heterocycles. The summed E-state index contributed by atoms with van der Waals surface area (Å²) >= 11 is 0. The SMILES string of the molecule is CC(=O)N[C@@H](CO)C(=O)N[C@@H](CC(=O)O)C(=O)N1CCC[C@H]1C(=O)N1CCC[C@H]1C(=O)N[C@@H](CO)C(=O)N1CCC[C@H]1C(=O)N[C@@H](CO)C(=O)N[C@H](C(=O)N[C@@H](CC(C)C)C(=O)N1CCC[C@H]1C(=O)N[C@@H](CCCCN)C(=O)N1CCC[C@H]1C(=O)N1CCC[C@H]1C(=O)N[C@@H](CO)C(=O)N[C@@H](Cc1cnc[nH]1)C(=O)N[C@@H](Cc1c[nH]c2ccccc12)C(N)=O)C(C)C. The Kier molecular flexibility index (Phi) is 35.7.